The first kappa shape index (κ1) is 11.3. The molecule has 1 heterocycles. The van der Waals surface area contributed by atoms with Crippen molar-refractivity contribution in [3.63, 3.8) is 0 Å². The Hall–Kier alpha value is -0.670. The molecule has 0 saturated heterocycles. The Morgan fingerprint density at radius 2 is 2.17 bits per heavy atom. The van der Waals surface area contributed by atoms with Crippen molar-refractivity contribution in [3.8, 4) is 0 Å². The first-order valence-corrected chi connectivity index (χ1v) is 3.68. The summed E-state index contributed by atoms with van der Waals surface area (Å²) in [6, 6.07) is 3.03. The van der Waals surface area contributed by atoms with E-state index in [1.807, 2.05) is 6.92 Å². The normalized spacial score (nSPS) is 9.17. The first-order valence-electron chi connectivity index (χ1n) is 3.30. The van der Waals surface area contributed by atoms with E-state index in [-0.39, 0.29) is 17.9 Å². The molecule has 0 amide bonds. The smallest absolute Gasteiger partial charge is 0.162 e. The number of rotatable bonds is 1. The number of halogens is 2. The van der Waals surface area contributed by atoms with Crippen LogP contribution in [0, 0.1) is 5.41 Å². The summed E-state index contributed by atoms with van der Waals surface area (Å²) in [4.78, 5) is 0. The number of hydrogen-bond acceptors (Lipinski definition) is 2. The van der Waals surface area contributed by atoms with Gasteiger partial charge in [-0.1, -0.05) is 18.5 Å². The van der Waals surface area contributed by atoms with Gasteiger partial charge in [-0.3, -0.25) is 5.41 Å². The van der Waals surface area contributed by atoms with Gasteiger partial charge in [0.1, 0.15) is 0 Å². The Morgan fingerprint density at radius 3 is 2.67 bits per heavy atom. The summed E-state index contributed by atoms with van der Waals surface area (Å²) in [5, 5.41) is 16.9. The van der Waals surface area contributed by atoms with Crippen molar-refractivity contribution in [2.45, 2.75) is 13.3 Å². The number of aromatic nitrogens is 1. The van der Waals surface area contributed by atoms with Gasteiger partial charge in [-0.25, -0.2) is 0 Å². The number of aryl methyl sites for hydroxylation is 1. The molecule has 1 aromatic rings. The van der Waals surface area contributed by atoms with E-state index >= 15 is 0 Å². The van der Waals surface area contributed by atoms with Crippen LogP contribution in [0.25, 0.3) is 0 Å². The highest BCUT2D eigenvalue weighted by atomic mass is 35.5. The maximum Gasteiger partial charge on any atom is 0.162 e. The van der Waals surface area contributed by atoms with E-state index in [2.05, 4.69) is 0 Å². The number of pyridine rings is 1. The summed E-state index contributed by atoms with van der Waals surface area (Å²) in [6.45, 7) is 1.89. The molecular formula is C7H10Cl2N2O. The molecule has 0 spiro atoms. The van der Waals surface area contributed by atoms with Crippen molar-refractivity contribution in [2.75, 3.05) is 0 Å². The Labute approximate surface area is 81.5 Å². The van der Waals surface area contributed by atoms with Gasteiger partial charge in [-0.05, 0) is 12.5 Å². The second-order valence-corrected chi connectivity index (χ2v) is 2.65. The Kier molecular flexibility index (Phi) is 4.13. The molecule has 0 fully saturated rings. The molecule has 0 aliphatic carbocycles. The highest BCUT2D eigenvalue weighted by molar-refractivity contribution is 6.30. The fourth-order valence-electron chi connectivity index (χ4n) is 0.860. The van der Waals surface area contributed by atoms with Crippen LogP contribution in [-0.2, 0) is 6.42 Å². The summed E-state index contributed by atoms with van der Waals surface area (Å²) in [5.74, 6) is 0. The number of hydrogen-bond donors (Lipinski definition) is 2. The lowest BCUT2D eigenvalue weighted by atomic mass is 10.3. The fourth-order valence-corrected chi connectivity index (χ4v) is 1.09. The van der Waals surface area contributed by atoms with E-state index in [1.165, 1.54) is 6.07 Å². The van der Waals surface area contributed by atoms with E-state index in [1.54, 1.807) is 6.07 Å². The molecule has 0 radical (unpaired) electrons. The third-order valence-corrected chi connectivity index (χ3v) is 1.66. The van der Waals surface area contributed by atoms with Crippen LogP contribution in [0.5, 0.6) is 0 Å². The van der Waals surface area contributed by atoms with Crippen molar-refractivity contribution >= 4 is 24.0 Å². The van der Waals surface area contributed by atoms with Crippen LogP contribution in [-0.4, -0.2) is 9.94 Å². The third-order valence-electron chi connectivity index (χ3n) is 1.44. The molecule has 3 nitrogen and oxygen atoms in total. The molecule has 0 aliphatic rings. The van der Waals surface area contributed by atoms with Crippen LogP contribution in [0.4, 0.5) is 0 Å². The van der Waals surface area contributed by atoms with Gasteiger partial charge in [0, 0.05) is 11.1 Å². The van der Waals surface area contributed by atoms with Gasteiger partial charge in [-0.2, -0.15) is 4.73 Å². The third kappa shape index (κ3) is 2.16. The minimum Gasteiger partial charge on any atom is -0.427 e. The molecule has 2 N–H and O–H groups in total. The molecule has 0 atom stereocenters. The van der Waals surface area contributed by atoms with E-state index in [0.717, 1.165) is 4.73 Å². The quantitative estimate of drug-likeness (QED) is 0.681. The zero-order valence-corrected chi connectivity index (χ0v) is 8.11. The lowest BCUT2D eigenvalue weighted by Crippen LogP contribution is -2.19. The molecule has 5 heteroatoms. The summed E-state index contributed by atoms with van der Waals surface area (Å²) >= 11 is 5.66. The predicted molar refractivity (Wildman–Crippen MR) is 49.1 cm³/mol. The molecule has 0 bridgehead atoms. The van der Waals surface area contributed by atoms with Crippen molar-refractivity contribution in [3.05, 3.63) is 28.3 Å². The van der Waals surface area contributed by atoms with E-state index in [0.29, 0.717) is 17.1 Å². The van der Waals surface area contributed by atoms with E-state index in [4.69, 9.17) is 17.0 Å². The highest BCUT2D eigenvalue weighted by Gasteiger charge is 1.98. The molecule has 0 saturated carbocycles. The van der Waals surface area contributed by atoms with Gasteiger partial charge in [0.05, 0.1) is 5.69 Å². The van der Waals surface area contributed by atoms with Crippen molar-refractivity contribution < 1.29 is 5.21 Å². The first-order chi connectivity index (χ1) is 5.15. The molecule has 0 unspecified atom stereocenters. The zero-order valence-electron chi connectivity index (χ0n) is 6.54. The second kappa shape index (κ2) is 4.38. The van der Waals surface area contributed by atoms with Gasteiger partial charge in [0.2, 0.25) is 0 Å². The molecule has 0 aromatic carbocycles. The predicted octanol–water partition coefficient (Wildman–Crippen LogP) is 1.84. The molecule has 68 valence electrons. The minimum absolute atomic E-state index is 0. The maximum atomic E-state index is 9.19. The van der Waals surface area contributed by atoms with Crippen LogP contribution in [0.1, 0.15) is 12.6 Å². The maximum absolute atomic E-state index is 9.19. The van der Waals surface area contributed by atoms with Crippen LogP contribution < -0.4 is 5.49 Å². The van der Waals surface area contributed by atoms with Crippen molar-refractivity contribution in [2.24, 2.45) is 0 Å². The number of nitrogens with one attached hydrogen (secondary N) is 1. The Balaban J connectivity index is 0.00000121. The monoisotopic (exact) mass is 208 g/mol. The van der Waals surface area contributed by atoms with Crippen LogP contribution in [0.3, 0.4) is 0 Å². The molecular weight excluding hydrogens is 199 g/mol. The summed E-state index contributed by atoms with van der Waals surface area (Å²) in [7, 11) is 0. The standard InChI is InChI=1S/C7H9ClN2O.ClH/c1-2-6-3-5(8)4-7(9)10(6)11;/h3-4,9,11H,2H2,1H3;1H. The molecule has 1 aromatic heterocycles. The van der Waals surface area contributed by atoms with Gasteiger partial charge >= 0.3 is 0 Å². The fraction of sp³-hybridized carbons (Fsp3) is 0.286. The van der Waals surface area contributed by atoms with Gasteiger partial charge in [0.25, 0.3) is 0 Å². The summed E-state index contributed by atoms with van der Waals surface area (Å²) in [6.07, 6.45) is 0.656. The largest absolute Gasteiger partial charge is 0.427 e. The van der Waals surface area contributed by atoms with E-state index < -0.39 is 0 Å². The summed E-state index contributed by atoms with van der Waals surface area (Å²) < 4.78 is 0.825. The van der Waals surface area contributed by atoms with Crippen LogP contribution in [0.15, 0.2) is 12.1 Å². The molecule has 12 heavy (non-hydrogen) atoms. The van der Waals surface area contributed by atoms with Crippen molar-refractivity contribution in [1.82, 2.24) is 4.73 Å². The average molecular weight is 209 g/mol. The Bertz CT molecular complexity index is 322. The van der Waals surface area contributed by atoms with Crippen LogP contribution in [0.2, 0.25) is 5.02 Å². The minimum atomic E-state index is 0. The second-order valence-electron chi connectivity index (χ2n) is 2.22. The van der Waals surface area contributed by atoms with Crippen LogP contribution >= 0.6 is 24.0 Å². The zero-order chi connectivity index (χ0) is 8.43. The van der Waals surface area contributed by atoms with Gasteiger partial charge < -0.3 is 5.21 Å². The SMILES string of the molecule is CCc1cc(Cl)cc(=N)n1O.Cl. The molecule has 1 rings (SSSR count). The van der Waals surface area contributed by atoms with Crippen molar-refractivity contribution in [1.29, 1.82) is 5.41 Å². The van der Waals surface area contributed by atoms with E-state index in [9.17, 15) is 5.21 Å². The van der Waals surface area contributed by atoms with Gasteiger partial charge in [0.15, 0.2) is 5.49 Å². The number of nitrogens with zero attached hydrogens (tertiary/aromatic N) is 1. The topological polar surface area (TPSA) is 49.0 Å². The highest BCUT2D eigenvalue weighted by Crippen LogP contribution is 2.06. The lowest BCUT2D eigenvalue weighted by Gasteiger charge is -2.04. The lowest BCUT2D eigenvalue weighted by molar-refractivity contribution is 0.161. The Morgan fingerprint density at radius 1 is 1.58 bits per heavy atom. The summed E-state index contributed by atoms with van der Waals surface area (Å²) in [5.41, 5.74) is 0.650. The van der Waals surface area contributed by atoms with Gasteiger partial charge in [-0.15, -0.1) is 12.4 Å². The molecule has 0 aliphatic heterocycles. The average Bonchev–Trinajstić information content (AvgIpc) is 1.96.